The molecule has 0 saturated heterocycles. The maximum absolute atomic E-state index is 9.17. The van der Waals surface area contributed by atoms with E-state index in [1.807, 2.05) is 45.0 Å². The number of pyridine rings is 2. The summed E-state index contributed by atoms with van der Waals surface area (Å²) in [5.74, 6) is 1.53. The van der Waals surface area contributed by atoms with Gasteiger partial charge in [-0.25, -0.2) is 0 Å². The van der Waals surface area contributed by atoms with Crippen molar-refractivity contribution in [1.82, 2.24) is 30.4 Å². The summed E-state index contributed by atoms with van der Waals surface area (Å²) in [4.78, 5) is 8.22. The molecule has 0 aliphatic carbocycles. The van der Waals surface area contributed by atoms with E-state index < -0.39 is 6.10 Å². The molecule has 0 amide bonds. The smallest absolute Gasteiger partial charge is 0.266 e. The van der Waals surface area contributed by atoms with Crippen LogP contribution in [0.5, 0.6) is 0 Å². The van der Waals surface area contributed by atoms with Crippen molar-refractivity contribution in [2.45, 2.75) is 46.1 Å². The number of rotatable bonds is 4. The Morgan fingerprint density at radius 1 is 0.774 bits per heavy atom. The number of nitrogens with zero attached hydrogens (tertiary/aromatic N) is 6. The van der Waals surface area contributed by atoms with E-state index in [4.69, 9.17) is 13.9 Å². The molecule has 0 radical (unpaired) electrons. The van der Waals surface area contributed by atoms with Crippen LogP contribution in [0.15, 0.2) is 57.6 Å². The van der Waals surface area contributed by atoms with E-state index in [1.54, 1.807) is 31.5 Å². The first-order valence-electron chi connectivity index (χ1n) is 9.36. The fourth-order valence-electron chi connectivity index (χ4n) is 1.98. The number of aliphatic hydroxyl groups excluding tert-OH is 1. The molecule has 10 heteroatoms. The zero-order chi connectivity index (χ0) is 21.9. The maximum atomic E-state index is 9.17. The molecule has 4 rings (SSSR count). The molecule has 0 saturated carbocycles. The first-order valence-corrected chi connectivity index (χ1v) is 10.3. The number of hydrogen-bond donors (Lipinski definition) is 1. The van der Waals surface area contributed by atoms with Crippen molar-refractivity contribution in [3.8, 4) is 23.2 Å². The number of halogens is 1. The Morgan fingerprint density at radius 3 is 1.55 bits per heavy atom. The maximum Gasteiger partial charge on any atom is 0.266 e. The SMILES string of the molecule is C.CC.CC(Br)c1nnc(-c2ccccn2)o1.CC(O)c1nnc(-c2ccccn2)o1. The van der Waals surface area contributed by atoms with Gasteiger partial charge in [-0.1, -0.05) is 49.3 Å². The molecule has 166 valence electrons. The lowest BCUT2D eigenvalue weighted by Crippen LogP contribution is -1.89. The minimum absolute atomic E-state index is 0. The Labute approximate surface area is 190 Å². The fraction of sp³-hybridized carbons (Fsp3) is 0.333. The number of hydrogen-bond acceptors (Lipinski definition) is 9. The Kier molecular flexibility index (Phi) is 11.2. The van der Waals surface area contributed by atoms with Crippen LogP contribution in [-0.4, -0.2) is 35.5 Å². The average Bonchev–Trinajstić information content (AvgIpc) is 3.47. The third-order valence-corrected chi connectivity index (χ3v) is 3.74. The van der Waals surface area contributed by atoms with Crippen LogP contribution < -0.4 is 0 Å². The van der Waals surface area contributed by atoms with Crippen molar-refractivity contribution in [3.63, 3.8) is 0 Å². The average molecular weight is 491 g/mol. The van der Waals surface area contributed by atoms with Crippen LogP contribution in [0.1, 0.15) is 57.8 Å². The summed E-state index contributed by atoms with van der Waals surface area (Å²) in [5, 5.41) is 24.4. The molecule has 0 spiro atoms. The van der Waals surface area contributed by atoms with Gasteiger partial charge in [0.2, 0.25) is 11.8 Å². The van der Waals surface area contributed by atoms with Crippen molar-refractivity contribution < 1.29 is 13.9 Å². The van der Waals surface area contributed by atoms with E-state index >= 15 is 0 Å². The minimum Gasteiger partial charge on any atom is -0.418 e. The molecule has 31 heavy (non-hydrogen) atoms. The summed E-state index contributed by atoms with van der Waals surface area (Å²) >= 11 is 3.35. The van der Waals surface area contributed by atoms with Crippen molar-refractivity contribution in [3.05, 3.63) is 60.6 Å². The van der Waals surface area contributed by atoms with E-state index in [1.165, 1.54) is 0 Å². The second kappa shape index (κ2) is 13.3. The molecule has 4 heterocycles. The predicted octanol–water partition coefficient (Wildman–Crippen LogP) is 5.43. The van der Waals surface area contributed by atoms with Gasteiger partial charge in [0.05, 0.1) is 4.83 Å². The van der Waals surface area contributed by atoms with E-state index in [-0.39, 0.29) is 18.1 Å². The summed E-state index contributed by atoms with van der Waals surface area (Å²) in [5.41, 5.74) is 1.30. The quantitative estimate of drug-likeness (QED) is 0.372. The summed E-state index contributed by atoms with van der Waals surface area (Å²) in [6.45, 7) is 7.49. The Balaban J connectivity index is 0.000000279. The van der Waals surface area contributed by atoms with Gasteiger partial charge in [0.25, 0.3) is 11.8 Å². The van der Waals surface area contributed by atoms with E-state index in [0.717, 1.165) is 0 Å². The Hall–Kier alpha value is -2.98. The molecule has 4 aromatic rings. The van der Waals surface area contributed by atoms with E-state index in [0.29, 0.717) is 29.1 Å². The van der Waals surface area contributed by atoms with Crippen molar-refractivity contribution >= 4 is 15.9 Å². The second-order valence-electron chi connectivity index (χ2n) is 5.61. The molecule has 0 bridgehead atoms. The molecule has 2 unspecified atom stereocenters. The lowest BCUT2D eigenvalue weighted by atomic mass is 10.3. The molecule has 0 aliphatic heterocycles. The zero-order valence-electron chi connectivity index (χ0n) is 17.1. The highest BCUT2D eigenvalue weighted by Crippen LogP contribution is 2.23. The van der Waals surface area contributed by atoms with Crippen LogP contribution in [-0.2, 0) is 0 Å². The van der Waals surface area contributed by atoms with Gasteiger partial charge in [-0.05, 0) is 38.1 Å². The minimum atomic E-state index is -0.750. The van der Waals surface area contributed by atoms with Gasteiger partial charge in [0.1, 0.15) is 17.5 Å². The van der Waals surface area contributed by atoms with Gasteiger partial charge < -0.3 is 13.9 Å². The zero-order valence-corrected chi connectivity index (χ0v) is 18.7. The van der Waals surface area contributed by atoms with Gasteiger partial charge in [0.15, 0.2) is 0 Å². The lowest BCUT2D eigenvalue weighted by Gasteiger charge is -1.94. The monoisotopic (exact) mass is 490 g/mol. The molecule has 0 aromatic carbocycles. The first-order chi connectivity index (χ1) is 14.5. The van der Waals surface area contributed by atoms with Crippen LogP contribution in [0, 0.1) is 0 Å². The molecule has 1 N–H and O–H groups in total. The molecule has 4 aromatic heterocycles. The van der Waals surface area contributed by atoms with Crippen molar-refractivity contribution in [1.29, 1.82) is 0 Å². The third kappa shape index (κ3) is 7.65. The standard InChI is InChI=1S/C9H8BrN3O.C9H9N3O2.C2H6.CH4/c1-6(10)8-12-13-9(14-8)7-4-2-3-5-11-7;1-6(13)8-11-12-9(14-8)7-4-2-3-5-10-7;1-2;/h2-6H,1H3;2-6,13H,1H3;1-2H3;1H4. The van der Waals surface area contributed by atoms with Crippen LogP contribution in [0.4, 0.5) is 0 Å². The summed E-state index contributed by atoms with van der Waals surface area (Å²) in [6.07, 6.45) is 2.58. The molecule has 9 nitrogen and oxygen atoms in total. The van der Waals surface area contributed by atoms with Gasteiger partial charge in [-0.15, -0.1) is 20.4 Å². The van der Waals surface area contributed by atoms with E-state index in [9.17, 15) is 0 Å². The summed E-state index contributed by atoms with van der Waals surface area (Å²) in [7, 11) is 0. The number of aromatic nitrogens is 6. The molecule has 0 fully saturated rings. The number of alkyl halides is 1. The normalized spacial score (nSPS) is 11.7. The van der Waals surface area contributed by atoms with Gasteiger partial charge in [-0.3, -0.25) is 9.97 Å². The summed E-state index contributed by atoms with van der Waals surface area (Å²) < 4.78 is 10.6. The first kappa shape index (κ1) is 26.1. The van der Waals surface area contributed by atoms with Gasteiger partial charge in [-0.2, -0.15) is 0 Å². The highest BCUT2D eigenvalue weighted by atomic mass is 79.9. The highest BCUT2D eigenvalue weighted by molar-refractivity contribution is 9.09. The summed E-state index contributed by atoms with van der Waals surface area (Å²) in [6, 6.07) is 10.9. The van der Waals surface area contributed by atoms with Crippen molar-refractivity contribution in [2.24, 2.45) is 0 Å². The van der Waals surface area contributed by atoms with Crippen molar-refractivity contribution in [2.75, 3.05) is 0 Å². The second-order valence-corrected chi connectivity index (χ2v) is 6.99. The van der Waals surface area contributed by atoms with Gasteiger partial charge >= 0.3 is 0 Å². The molecule has 2 atom stereocenters. The largest absolute Gasteiger partial charge is 0.418 e. The fourth-order valence-corrected chi connectivity index (χ4v) is 2.17. The van der Waals surface area contributed by atoms with Gasteiger partial charge in [0, 0.05) is 12.4 Å². The van der Waals surface area contributed by atoms with Crippen LogP contribution >= 0.6 is 15.9 Å². The highest BCUT2D eigenvalue weighted by Gasteiger charge is 2.13. The lowest BCUT2D eigenvalue weighted by molar-refractivity contribution is 0.163. The Bertz CT molecular complexity index is 909. The third-order valence-electron chi connectivity index (χ3n) is 3.35. The number of aliphatic hydroxyl groups is 1. The van der Waals surface area contributed by atoms with Crippen LogP contribution in [0.25, 0.3) is 23.2 Å². The van der Waals surface area contributed by atoms with Crippen LogP contribution in [0.3, 0.4) is 0 Å². The topological polar surface area (TPSA) is 124 Å². The van der Waals surface area contributed by atoms with Crippen LogP contribution in [0.2, 0.25) is 0 Å². The Morgan fingerprint density at radius 2 is 1.23 bits per heavy atom. The molecule has 0 aliphatic rings. The molecular weight excluding hydrogens is 464 g/mol. The molecular formula is C21H27BrN6O3. The predicted molar refractivity (Wildman–Crippen MR) is 121 cm³/mol. The van der Waals surface area contributed by atoms with E-state index in [2.05, 4.69) is 46.3 Å².